The molecule has 0 aliphatic carbocycles. The van der Waals surface area contributed by atoms with Crippen LogP contribution in [0, 0.1) is 0 Å². The number of benzene rings is 2. The van der Waals surface area contributed by atoms with Gasteiger partial charge in [-0.2, -0.15) is 0 Å². The van der Waals surface area contributed by atoms with E-state index in [2.05, 4.69) is 44.5 Å². The molecule has 0 saturated heterocycles. The molecule has 1 heterocycles. The van der Waals surface area contributed by atoms with Crippen LogP contribution in [-0.4, -0.2) is 57.0 Å². The van der Waals surface area contributed by atoms with Crippen molar-refractivity contribution < 1.29 is 19.0 Å². The molecular weight excluding hydrogens is 418 g/mol. The number of fused-ring (bicyclic) bond motifs is 1. The highest BCUT2D eigenvalue weighted by molar-refractivity contribution is 5.82. The summed E-state index contributed by atoms with van der Waals surface area (Å²) in [6.07, 6.45) is 4.00. The minimum atomic E-state index is -0.157. The molecule has 0 saturated carbocycles. The number of carbonyl (C=O) groups excluding carboxylic acids is 1. The van der Waals surface area contributed by atoms with Gasteiger partial charge in [0.25, 0.3) is 0 Å². The third kappa shape index (κ3) is 6.71. The molecule has 0 unspecified atom stereocenters. The Morgan fingerprint density at radius 2 is 1.76 bits per heavy atom. The van der Waals surface area contributed by atoms with Crippen molar-refractivity contribution in [2.75, 3.05) is 46.4 Å². The lowest BCUT2D eigenvalue weighted by molar-refractivity contribution is -0.140. The van der Waals surface area contributed by atoms with Crippen LogP contribution in [-0.2, 0) is 20.8 Å². The Hall–Kier alpha value is -3.06. The van der Waals surface area contributed by atoms with Crippen molar-refractivity contribution in [3.8, 4) is 17.1 Å². The van der Waals surface area contributed by atoms with Crippen LogP contribution < -0.4 is 9.64 Å². The number of carbonyl (C=O) groups is 1. The van der Waals surface area contributed by atoms with Crippen LogP contribution >= 0.6 is 0 Å². The van der Waals surface area contributed by atoms with Crippen molar-refractivity contribution in [2.24, 2.45) is 0 Å². The number of aromatic nitrogens is 2. The maximum atomic E-state index is 11.2. The van der Waals surface area contributed by atoms with E-state index in [9.17, 15) is 4.79 Å². The summed E-state index contributed by atoms with van der Waals surface area (Å²) < 4.78 is 18.2. The summed E-state index contributed by atoms with van der Waals surface area (Å²) in [7, 11) is 7.22. The van der Waals surface area contributed by atoms with Crippen LogP contribution in [0.2, 0.25) is 0 Å². The molecule has 0 spiro atoms. The van der Waals surface area contributed by atoms with Gasteiger partial charge >= 0.3 is 5.97 Å². The summed E-state index contributed by atoms with van der Waals surface area (Å²) in [4.78, 5) is 18.2. The van der Waals surface area contributed by atoms with Crippen LogP contribution in [0.15, 0.2) is 42.5 Å². The van der Waals surface area contributed by atoms with Crippen molar-refractivity contribution >= 4 is 22.7 Å². The summed E-state index contributed by atoms with van der Waals surface area (Å²) in [5, 5.41) is 0. The fourth-order valence-corrected chi connectivity index (χ4v) is 3.75. The number of imidazole rings is 1. The van der Waals surface area contributed by atoms with Gasteiger partial charge in [0.05, 0.1) is 24.8 Å². The summed E-state index contributed by atoms with van der Waals surface area (Å²) >= 11 is 0. The zero-order valence-electron chi connectivity index (χ0n) is 20.2. The van der Waals surface area contributed by atoms with E-state index in [1.807, 2.05) is 26.2 Å². The SMILES string of the molecule is COCCCn1c(-c2ccc(N(C)C)cc2)nc2ccc(OCCCCCC(=O)OC)cc21. The second-order valence-electron chi connectivity index (χ2n) is 8.26. The summed E-state index contributed by atoms with van der Waals surface area (Å²) in [5.41, 5.74) is 4.25. The Balaban J connectivity index is 1.75. The molecule has 0 fully saturated rings. The zero-order valence-corrected chi connectivity index (χ0v) is 20.2. The number of hydrogen-bond donors (Lipinski definition) is 0. The minimum absolute atomic E-state index is 0.157. The molecule has 2 aromatic carbocycles. The first-order valence-electron chi connectivity index (χ1n) is 11.5. The maximum absolute atomic E-state index is 11.2. The number of esters is 1. The third-order valence-corrected chi connectivity index (χ3v) is 5.61. The van der Waals surface area contributed by atoms with Gasteiger partial charge < -0.3 is 23.7 Å². The van der Waals surface area contributed by atoms with Crippen LogP contribution in [0.5, 0.6) is 5.75 Å². The highest BCUT2D eigenvalue weighted by Gasteiger charge is 2.14. The molecule has 7 nitrogen and oxygen atoms in total. The topological polar surface area (TPSA) is 65.8 Å². The highest BCUT2D eigenvalue weighted by atomic mass is 16.5. The molecule has 178 valence electrons. The average Bonchev–Trinajstić information content (AvgIpc) is 3.19. The first-order chi connectivity index (χ1) is 16.0. The van der Waals surface area contributed by atoms with Crippen LogP contribution in [0.25, 0.3) is 22.4 Å². The predicted octanol–water partition coefficient (Wildman–Crippen LogP) is 4.92. The van der Waals surface area contributed by atoms with Gasteiger partial charge in [-0.1, -0.05) is 0 Å². The van der Waals surface area contributed by atoms with E-state index in [1.54, 1.807) is 7.11 Å². The van der Waals surface area contributed by atoms with Crippen molar-refractivity contribution in [3.05, 3.63) is 42.5 Å². The van der Waals surface area contributed by atoms with Crippen LogP contribution in [0.1, 0.15) is 32.1 Å². The lowest BCUT2D eigenvalue weighted by Gasteiger charge is -2.14. The van der Waals surface area contributed by atoms with E-state index >= 15 is 0 Å². The molecule has 3 rings (SSSR count). The molecule has 7 heteroatoms. The summed E-state index contributed by atoms with van der Waals surface area (Å²) in [6, 6.07) is 14.5. The average molecular weight is 454 g/mol. The summed E-state index contributed by atoms with van der Waals surface area (Å²) in [5.74, 6) is 1.62. The van der Waals surface area contributed by atoms with Gasteiger partial charge in [0.2, 0.25) is 0 Å². The van der Waals surface area contributed by atoms with E-state index < -0.39 is 0 Å². The monoisotopic (exact) mass is 453 g/mol. The molecule has 0 aliphatic rings. The van der Waals surface area contributed by atoms with Crippen molar-refractivity contribution in [1.82, 2.24) is 9.55 Å². The van der Waals surface area contributed by atoms with E-state index in [1.165, 1.54) is 7.11 Å². The molecule has 1 aromatic heterocycles. The standard InChI is InChI=1S/C26H35N3O4/c1-28(2)21-12-10-20(11-13-21)26-27-23-15-14-22(19-24(23)29(26)16-8-17-31-3)33-18-7-5-6-9-25(30)32-4/h10-15,19H,5-9,16-18H2,1-4H3. The number of nitrogens with zero attached hydrogens (tertiary/aromatic N) is 3. The number of unbranched alkanes of at least 4 members (excludes halogenated alkanes) is 2. The largest absolute Gasteiger partial charge is 0.494 e. The zero-order chi connectivity index (χ0) is 23.6. The number of ether oxygens (including phenoxy) is 3. The molecule has 0 radical (unpaired) electrons. The van der Waals surface area contributed by atoms with Gasteiger partial charge in [-0.3, -0.25) is 4.79 Å². The van der Waals surface area contributed by atoms with E-state index in [-0.39, 0.29) is 5.97 Å². The smallest absolute Gasteiger partial charge is 0.305 e. The Morgan fingerprint density at radius 1 is 0.970 bits per heavy atom. The molecular formula is C26H35N3O4. The molecule has 3 aromatic rings. The number of hydrogen-bond acceptors (Lipinski definition) is 6. The number of aryl methyl sites for hydroxylation is 1. The van der Waals surface area contributed by atoms with Crippen molar-refractivity contribution in [2.45, 2.75) is 38.6 Å². The van der Waals surface area contributed by atoms with Crippen molar-refractivity contribution in [1.29, 1.82) is 0 Å². The molecule has 0 amide bonds. The molecule has 0 aliphatic heterocycles. The third-order valence-electron chi connectivity index (χ3n) is 5.61. The van der Waals surface area contributed by atoms with Gasteiger partial charge in [-0.05, 0) is 62.1 Å². The minimum Gasteiger partial charge on any atom is -0.494 e. The summed E-state index contributed by atoms with van der Waals surface area (Å²) in [6.45, 7) is 2.12. The quantitative estimate of drug-likeness (QED) is 0.270. The van der Waals surface area contributed by atoms with Gasteiger partial charge in [0.1, 0.15) is 11.6 Å². The fraction of sp³-hybridized carbons (Fsp3) is 0.462. The van der Waals surface area contributed by atoms with Crippen LogP contribution in [0.3, 0.4) is 0 Å². The number of methoxy groups -OCH3 is 2. The van der Waals surface area contributed by atoms with Gasteiger partial charge in [0.15, 0.2) is 0 Å². The van der Waals surface area contributed by atoms with Gasteiger partial charge in [-0.25, -0.2) is 4.98 Å². The highest BCUT2D eigenvalue weighted by Crippen LogP contribution is 2.29. The van der Waals surface area contributed by atoms with E-state index in [4.69, 9.17) is 14.5 Å². The molecule has 0 atom stereocenters. The number of rotatable bonds is 13. The maximum Gasteiger partial charge on any atom is 0.305 e. The van der Waals surface area contributed by atoms with Crippen LogP contribution in [0.4, 0.5) is 5.69 Å². The molecule has 33 heavy (non-hydrogen) atoms. The Bertz CT molecular complexity index is 1030. The molecule has 0 bridgehead atoms. The fourth-order valence-electron chi connectivity index (χ4n) is 3.75. The lowest BCUT2D eigenvalue weighted by Crippen LogP contribution is -2.08. The number of anilines is 1. The Labute approximate surface area is 196 Å². The Morgan fingerprint density at radius 3 is 2.45 bits per heavy atom. The first kappa shape index (κ1) is 24.6. The van der Waals surface area contributed by atoms with E-state index in [0.29, 0.717) is 19.6 Å². The lowest BCUT2D eigenvalue weighted by atomic mass is 10.2. The first-order valence-corrected chi connectivity index (χ1v) is 11.5. The second kappa shape index (κ2) is 12.3. The second-order valence-corrected chi connectivity index (χ2v) is 8.26. The van der Waals surface area contributed by atoms with Gasteiger partial charge in [0, 0.05) is 58.1 Å². The Kier molecular flexibility index (Phi) is 9.13. The van der Waals surface area contributed by atoms with Crippen molar-refractivity contribution in [3.63, 3.8) is 0 Å². The normalized spacial score (nSPS) is 11.0. The predicted molar refractivity (Wildman–Crippen MR) is 132 cm³/mol. The molecule has 0 N–H and O–H groups in total. The van der Waals surface area contributed by atoms with Gasteiger partial charge in [-0.15, -0.1) is 0 Å². The van der Waals surface area contributed by atoms with E-state index in [0.717, 1.165) is 66.1 Å².